The molecule has 0 atom stereocenters. The highest BCUT2D eigenvalue weighted by Crippen LogP contribution is 2.38. The van der Waals surface area contributed by atoms with Crippen LogP contribution in [0.15, 0.2) is 85.8 Å². The van der Waals surface area contributed by atoms with E-state index in [4.69, 9.17) is 5.26 Å². The first kappa shape index (κ1) is 31.7. The zero-order valence-electron chi connectivity index (χ0n) is 21.4. The van der Waals surface area contributed by atoms with Gasteiger partial charge in [0.2, 0.25) is 11.8 Å². The van der Waals surface area contributed by atoms with E-state index in [1.54, 1.807) is 30.3 Å². The first-order valence-electron chi connectivity index (χ1n) is 11.5. The van der Waals surface area contributed by atoms with E-state index in [0.29, 0.717) is 23.7 Å². The molecular formula is C23H16F2N8O9S2. The van der Waals surface area contributed by atoms with Crippen LogP contribution in [0.2, 0.25) is 0 Å². The molecule has 4 aromatic rings. The standard InChI is InChI=1S/C23H16F2N8O9S2/c24-21-27-22(25)29-23(28-21)26-16-9-13(44(38,39)40)10-17(18(16)34)31-33-19(11-4-2-1-3-5-11)32-30-15-7-6-12(43-42-41-37)8-14(15)20(35)36/h1-10,30,34,37H,(H,35,36)(H,38,39,40)(H,26,27,28,29)/b32-19-,33-31?. The number of hydrogen-bond acceptors (Lipinski definition) is 15. The highest BCUT2D eigenvalue weighted by molar-refractivity contribution is 7.94. The maximum atomic E-state index is 13.4. The van der Waals surface area contributed by atoms with Crippen LogP contribution in [-0.4, -0.2) is 55.2 Å². The third-order valence-corrected chi connectivity index (χ3v) is 6.54. The van der Waals surface area contributed by atoms with Gasteiger partial charge in [0.1, 0.15) is 5.69 Å². The summed E-state index contributed by atoms with van der Waals surface area (Å²) in [6, 6.07) is 13.4. The van der Waals surface area contributed by atoms with E-state index in [9.17, 15) is 36.8 Å². The smallest absolute Gasteiger partial charge is 0.337 e. The molecule has 0 aliphatic heterocycles. The molecule has 1 aromatic heterocycles. The first-order chi connectivity index (χ1) is 20.9. The van der Waals surface area contributed by atoms with Gasteiger partial charge in [-0.3, -0.25) is 9.98 Å². The lowest BCUT2D eigenvalue weighted by Crippen LogP contribution is -2.06. The number of phenolic OH excluding ortho intramolecular Hbond substituents is 1. The summed E-state index contributed by atoms with van der Waals surface area (Å²) in [6.07, 6.45) is -3.04. The van der Waals surface area contributed by atoms with Gasteiger partial charge < -0.3 is 15.5 Å². The Morgan fingerprint density at radius 3 is 2.32 bits per heavy atom. The number of anilines is 3. The number of azo groups is 1. The second-order valence-corrected chi connectivity index (χ2v) is 10.2. The summed E-state index contributed by atoms with van der Waals surface area (Å²) in [6.45, 7) is 0. The molecule has 0 amide bonds. The number of carboxylic acid groups (broad SMARTS) is 1. The molecule has 0 aliphatic carbocycles. The van der Waals surface area contributed by atoms with E-state index >= 15 is 0 Å². The number of hydrazone groups is 1. The summed E-state index contributed by atoms with van der Waals surface area (Å²) >= 11 is 0.525. The van der Waals surface area contributed by atoms with E-state index in [2.05, 4.69) is 50.4 Å². The molecule has 0 aliphatic rings. The van der Waals surface area contributed by atoms with Crippen LogP contribution in [0, 0.1) is 12.2 Å². The average molecular weight is 651 g/mol. The molecule has 0 unspecified atom stereocenters. The zero-order valence-corrected chi connectivity index (χ0v) is 23.0. The number of halogens is 2. The second kappa shape index (κ2) is 13.9. The summed E-state index contributed by atoms with van der Waals surface area (Å²) < 4.78 is 64.6. The molecule has 228 valence electrons. The lowest BCUT2D eigenvalue weighted by Gasteiger charge is -2.11. The van der Waals surface area contributed by atoms with Crippen molar-refractivity contribution in [2.45, 2.75) is 9.79 Å². The van der Waals surface area contributed by atoms with Crippen LogP contribution >= 0.6 is 12.0 Å². The van der Waals surface area contributed by atoms with E-state index in [-0.39, 0.29) is 22.0 Å². The fraction of sp³-hybridized carbons (Fsp3) is 0. The highest BCUT2D eigenvalue weighted by Gasteiger charge is 2.19. The number of hydrogen-bond donors (Lipinski definition) is 6. The van der Waals surface area contributed by atoms with E-state index in [1.165, 1.54) is 18.2 Å². The summed E-state index contributed by atoms with van der Waals surface area (Å²) in [5, 5.41) is 46.2. The number of phenols is 1. The molecule has 0 spiro atoms. The zero-order chi connectivity index (χ0) is 31.9. The van der Waals surface area contributed by atoms with Crippen molar-refractivity contribution in [3.8, 4) is 5.75 Å². The van der Waals surface area contributed by atoms with Crippen molar-refractivity contribution in [3.63, 3.8) is 0 Å². The molecule has 4 rings (SSSR count). The van der Waals surface area contributed by atoms with Gasteiger partial charge in [-0.1, -0.05) is 35.4 Å². The number of aromatic hydroxyl groups is 1. The van der Waals surface area contributed by atoms with Crippen LogP contribution in [0.1, 0.15) is 15.9 Å². The molecule has 0 radical (unpaired) electrons. The minimum atomic E-state index is -4.92. The van der Waals surface area contributed by atoms with Crippen molar-refractivity contribution in [1.29, 1.82) is 0 Å². The van der Waals surface area contributed by atoms with Crippen molar-refractivity contribution in [1.82, 2.24) is 15.0 Å². The van der Waals surface area contributed by atoms with Crippen LogP contribution < -0.4 is 10.7 Å². The topological polar surface area (TPSA) is 250 Å². The predicted octanol–water partition coefficient (Wildman–Crippen LogP) is 4.53. The molecule has 3 aromatic carbocycles. The quantitative estimate of drug-likeness (QED) is 0.0191. The number of benzene rings is 3. The molecule has 6 N–H and O–H groups in total. The largest absolute Gasteiger partial charge is 0.504 e. The number of rotatable bonds is 11. The van der Waals surface area contributed by atoms with E-state index in [0.717, 1.165) is 6.07 Å². The van der Waals surface area contributed by atoms with Crippen LogP contribution in [-0.2, 0) is 19.5 Å². The van der Waals surface area contributed by atoms with Crippen molar-refractivity contribution in [2.75, 3.05) is 10.7 Å². The van der Waals surface area contributed by atoms with Gasteiger partial charge in [-0.25, -0.2) is 10.1 Å². The third kappa shape index (κ3) is 8.21. The number of carboxylic acids is 1. The van der Waals surface area contributed by atoms with Gasteiger partial charge in [-0.15, -0.1) is 14.6 Å². The minimum absolute atomic E-state index is 0.0186. The fourth-order valence-electron chi connectivity index (χ4n) is 3.27. The molecule has 17 nitrogen and oxygen atoms in total. The Morgan fingerprint density at radius 2 is 1.68 bits per heavy atom. The molecular weight excluding hydrogens is 634 g/mol. The van der Waals surface area contributed by atoms with Gasteiger partial charge in [0.15, 0.2) is 5.75 Å². The van der Waals surface area contributed by atoms with Crippen molar-refractivity contribution >= 4 is 57.0 Å². The Hall–Kier alpha value is -5.19. The van der Waals surface area contributed by atoms with Gasteiger partial charge in [0.05, 0.1) is 33.9 Å². The van der Waals surface area contributed by atoms with Crippen LogP contribution in [0.3, 0.4) is 0 Å². The molecule has 0 saturated carbocycles. The number of nitrogens with one attached hydrogen (secondary N) is 2. The molecule has 0 bridgehead atoms. The lowest BCUT2D eigenvalue weighted by atomic mass is 10.2. The summed E-state index contributed by atoms with van der Waals surface area (Å²) in [7, 11) is -4.92. The maximum Gasteiger partial charge on any atom is 0.337 e. The summed E-state index contributed by atoms with van der Waals surface area (Å²) in [4.78, 5) is 20.3. The van der Waals surface area contributed by atoms with Crippen molar-refractivity contribution in [3.05, 3.63) is 83.9 Å². The monoisotopic (exact) mass is 650 g/mol. The third-order valence-electron chi connectivity index (χ3n) is 5.14. The second-order valence-electron chi connectivity index (χ2n) is 7.99. The predicted molar refractivity (Wildman–Crippen MR) is 146 cm³/mol. The maximum absolute atomic E-state index is 13.4. The van der Waals surface area contributed by atoms with Gasteiger partial charge in [0, 0.05) is 10.5 Å². The Balaban J connectivity index is 1.75. The highest BCUT2D eigenvalue weighted by atomic mass is 32.2. The normalized spacial score (nSPS) is 12.0. The first-order valence-corrected chi connectivity index (χ1v) is 13.6. The lowest BCUT2D eigenvalue weighted by molar-refractivity contribution is -0.432. The summed E-state index contributed by atoms with van der Waals surface area (Å²) in [5.41, 5.74) is 1.45. The fourth-order valence-corrected chi connectivity index (χ4v) is 4.19. The minimum Gasteiger partial charge on any atom is -0.504 e. The number of carbonyl (C=O) groups is 1. The van der Waals surface area contributed by atoms with Crippen LogP contribution in [0.25, 0.3) is 0 Å². The molecule has 0 saturated heterocycles. The van der Waals surface area contributed by atoms with E-state index < -0.39 is 56.2 Å². The number of aromatic carboxylic acids is 1. The summed E-state index contributed by atoms with van der Waals surface area (Å²) in [5.74, 6) is -3.13. The Kier molecular flexibility index (Phi) is 9.99. The van der Waals surface area contributed by atoms with E-state index in [1.807, 2.05) is 0 Å². The number of amidine groups is 1. The Morgan fingerprint density at radius 1 is 0.977 bits per heavy atom. The van der Waals surface area contributed by atoms with Gasteiger partial charge in [0.25, 0.3) is 10.1 Å². The molecule has 44 heavy (non-hydrogen) atoms. The van der Waals surface area contributed by atoms with Crippen molar-refractivity contribution in [2.24, 2.45) is 15.3 Å². The number of nitrogens with zero attached hydrogens (tertiary/aromatic N) is 6. The Bertz CT molecular complexity index is 1850. The molecule has 0 fully saturated rings. The number of aromatic nitrogens is 3. The molecule has 1 heterocycles. The SMILES string of the molecule is O=C(O)c1cc(SOOO)ccc1N/N=C(\N=Nc1cc(S(=O)(=O)O)cc(Nc2nc(F)nc(F)n2)c1O)c1ccccc1. The van der Waals surface area contributed by atoms with Crippen LogP contribution in [0.5, 0.6) is 5.75 Å². The van der Waals surface area contributed by atoms with Gasteiger partial charge >= 0.3 is 18.1 Å². The average Bonchev–Trinajstić information content (AvgIpc) is 2.97. The van der Waals surface area contributed by atoms with Crippen LogP contribution in [0.4, 0.5) is 31.8 Å². The van der Waals surface area contributed by atoms with Crippen molar-refractivity contribution < 1.29 is 51.4 Å². The Labute approximate surface area is 248 Å². The molecule has 21 heteroatoms. The van der Waals surface area contributed by atoms with Gasteiger partial charge in [-0.05, 0) is 30.3 Å². The van der Waals surface area contributed by atoms with Gasteiger partial charge in [-0.2, -0.15) is 37.3 Å².